The van der Waals surface area contributed by atoms with Crippen molar-refractivity contribution in [1.29, 1.82) is 0 Å². The SMILES string of the molecule is CCOc1ccccc1[C@H]1C[C@H]1C(=O)O. The predicted octanol–water partition coefficient (Wildman–Crippen LogP) is 2.27. The summed E-state index contributed by atoms with van der Waals surface area (Å²) in [6.07, 6.45) is 0.736. The number of para-hydroxylation sites is 1. The minimum Gasteiger partial charge on any atom is -0.494 e. The van der Waals surface area contributed by atoms with Crippen LogP contribution in [0.1, 0.15) is 24.8 Å². The van der Waals surface area contributed by atoms with E-state index in [4.69, 9.17) is 9.84 Å². The highest BCUT2D eigenvalue weighted by atomic mass is 16.5. The maximum absolute atomic E-state index is 10.8. The van der Waals surface area contributed by atoms with Crippen LogP contribution in [0.3, 0.4) is 0 Å². The average Bonchev–Trinajstić information content (AvgIpc) is 2.99. The lowest BCUT2D eigenvalue weighted by atomic mass is 10.1. The topological polar surface area (TPSA) is 46.5 Å². The predicted molar refractivity (Wildman–Crippen MR) is 56.1 cm³/mol. The molecule has 1 aliphatic carbocycles. The highest BCUT2D eigenvalue weighted by Crippen LogP contribution is 2.50. The van der Waals surface area contributed by atoms with Gasteiger partial charge in [0.25, 0.3) is 0 Å². The second-order valence-corrected chi connectivity index (χ2v) is 3.76. The third-order valence-corrected chi connectivity index (χ3v) is 2.73. The zero-order valence-corrected chi connectivity index (χ0v) is 8.64. The van der Waals surface area contributed by atoms with Crippen LogP contribution in [0, 0.1) is 5.92 Å². The summed E-state index contributed by atoms with van der Waals surface area (Å²) in [5, 5.41) is 8.86. The van der Waals surface area contributed by atoms with E-state index in [9.17, 15) is 4.79 Å². The maximum Gasteiger partial charge on any atom is 0.307 e. The van der Waals surface area contributed by atoms with E-state index in [1.807, 2.05) is 31.2 Å². The Morgan fingerprint density at radius 1 is 1.53 bits per heavy atom. The number of hydrogen-bond acceptors (Lipinski definition) is 2. The fourth-order valence-electron chi connectivity index (χ4n) is 1.89. The molecule has 0 aliphatic heterocycles. The van der Waals surface area contributed by atoms with Gasteiger partial charge in [-0.05, 0) is 25.0 Å². The summed E-state index contributed by atoms with van der Waals surface area (Å²) in [7, 11) is 0. The van der Waals surface area contributed by atoms with Crippen LogP contribution in [0.2, 0.25) is 0 Å². The molecule has 1 aliphatic rings. The van der Waals surface area contributed by atoms with Crippen LogP contribution < -0.4 is 4.74 Å². The smallest absolute Gasteiger partial charge is 0.307 e. The van der Waals surface area contributed by atoms with Gasteiger partial charge in [-0.3, -0.25) is 4.79 Å². The molecule has 1 aromatic carbocycles. The fraction of sp³-hybridized carbons (Fsp3) is 0.417. The maximum atomic E-state index is 10.8. The van der Waals surface area contributed by atoms with Crippen LogP contribution in [-0.4, -0.2) is 17.7 Å². The van der Waals surface area contributed by atoms with Crippen molar-refractivity contribution in [2.45, 2.75) is 19.3 Å². The summed E-state index contributed by atoms with van der Waals surface area (Å²) in [5.41, 5.74) is 1.03. The van der Waals surface area contributed by atoms with Crippen LogP contribution in [0.25, 0.3) is 0 Å². The molecule has 3 heteroatoms. The second kappa shape index (κ2) is 3.93. The molecular weight excluding hydrogens is 192 g/mol. The van der Waals surface area contributed by atoms with Crippen molar-refractivity contribution in [3.8, 4) is 5.75 Å². The van der Waals surface area contributed by atoms with Crippen LogP contribution in [0.5, 0.6) is 5.75 Å². The zero-order chi connectivity index (χ0) is 10.8. The first-order valence-corrected chi connectivity index (χ1v) is 5.18. The van der Waals surface area contributed by atoms with E-state index in [0.717, 1.165) is 17.7 Å². The Morgan fingerprint density at radius 3 is 2.87 bits per heavy atom. The lowest BCUT2D eigenvalue weighted by Gasteiger charge is -2.08. The monoisotopic (exact) mass is 206 g/mol. The Hall–Kier alpha value is -1.51. The zero-order valence-electron chi connectivity index (χ0n) is 8.64. The Bertz CT molecular complexity index is 373. The Balaban J connectivity index is 2.18. The molecule has 1 aromatic rings. The molecule has 15 heavy (non-hydrogen) atoms. The third kappa shape index (κ3) is 1.96. The molecule has 0 amide bonds. The van der Waals surface area contributed by atoms with E-state index in [2.05, 4.69) is 0 Å². The van der Waals surface area contributed by atoms with Gasteiger partial charge in [-0.2, -0.15) is 0 Å². The number of carboxylic acids is 1. The fourth-order valence-corrected chi connectivity index (χ4v) is 1.89. The molecule has 0 spiro atoms. The molecule has 0 heterocycles. The van der Waals surface area contributed by atoms with E-state index < -0.39 is 5.97 Å². The first kappa shape index (κ1) is 10.0. The number of rotatable bonds is 4. The van der Waals surface area contributed by atoms with Crippen LogP contribution in [0.4, 0.5) is 0 Å². The minimum absolute atomic E-state index is 0.144. The summed E-state index contributed by atoms with van der Waals surface area (Å²) in [6, 6.07) is 7.69. The lowest BCUT2D eigenvalue weighted by molar-refractivity contribution is -0.138. The first-order valence-electron chi connectivity index (χ1n) is 5.18. The second-order valence-electron chi connectivity index (χ2n) is 3.76. The molecule has 1 N–H and O–H groups in total. The van der Waals surface area contributed by atoms with Crippen LogP contribution in [0.15, 0.2) is 24.3 Å². The van der Waals surface area contributed by atoms with Gasteiger partial charge in [-0.15, -0.1) is 0 Å². The minimum atomic E-state index is -0.702. The first-order chi connectivity index (χ1) is 7.24. The molecule has 0 saturated heterocycles. The summed E-state index contributed by atoms with van der Waals surface area (Å²) >= 11 is 0. The highest BCUT2D eigenvalue weighted by Gasteiger charge is 2.45. The van der Waals surface area contributed by atoms with Crippen molar-refractivity contribution in [2.24, 2.45) is 5.92 Å². The van der Waals surface area contributed by atoms with Gasteiger partial charge in [0, 0.05) is 5.92 Å². The largest absolute Gasteiger partial charge is 0.494 e. The molecule has 1 fully saturated rings. The van der Waals surface area contributed by atoms with Gasteiger partial charge in [0.2, 0.25) is 0 Å². The van der Waals surface area contributed by atoms with Crippen molar-refractivity contribution in [2.75, 3.05) is 6.61 Å². The quantitative estimate of drug-likeness (QED) is 0.822. The number of aliphatic carboxylic acids is 1. The number of ether oxygens (including phenoxy) is 1. The molecular formula is C12H14O3. The van der Waals surface area contributed by atoms with E-state index in [0.29, 0.717) is 6.61 Å². The molecule has 0 aromatic heterocycles. The summed E-state index contributed by atoms with van der Waals surface area (Å²) in [6.45, 7) is 2.54. The number of hydrogen-bond donors (Lipinski definition) is 1. The van der Waals surface area contributed by atoms with E-state index in [1.165, 1.54) is 0 Å². The number of benzene rings is 1. The van der Waals surface area contributed by atoms with Gasteiger partial charge in [-0.25, -0.2) is 0 Å². The number of carbonyl (C=O) groups is 1. The number of carboxylic acid groups (broad SMARTS) is 1. The van der Waals surface area contributed by atoms with Crippen molar-refractivity contribution < 1.29 is 14.6 Å². The van der Waals surface area contributed by atoms with Gasteiger partial charge >= 0.3 is 5.97 Å². The van der Waals surface area contributed by atoms with E-state index in [1.54, 1.807) is 0 Å². The normalized spacial score (nSPS) is 23.5. The average molecular weight is 206 g/mol. The van der Waals surface area contributed by atoms with Gasteiger partial charge in [0.1, 0.15) is 5.75 Å². The molecule has 2 atom stereocenters. The standard InChI is InChI=1S/C12H14O3/c1-2-15-11-6-4-3-5-8(11)9-7-10(9)12(13)14/h3-6,9-10H,2,7H2,1H3,(H,13,14)/t9-,10-/m1/s1. The molecule has 80 valence electrons. The summed E-state index contributed by atoms with van der Waals surface area (Å²) in [5.74, 6) is 0.0527. The van der Waals surface area contributed by atoms with Crippen molar-refractivity contribution in [1.82, 2.24) is 0 Å². The van der Waals surface area contributed by atoms with Crippen molar-refractivity contribution in [3.05, 3.63) is 29.8 Å². The van der Waals surface area contributed by atoms with E-state index in [-0.39, 0.29) is 11.8 Å². The Morgan fingerprint density at radius 2 is 2.27 bits per heavy atom. The third-order valence-electron chi connectivity index (χ3n) is 2.73. The summed E-state index contributed by atoms with van der Waals surface area (Å²) < 4.78 is 5.47. The van der Waals surface area contributed by atoms with Crippen LogP contribution in [-0.2, 0) is 4.79 Å². The van der Waals surface area contributed by atoms with Crippen molar-refractivity contribution >= 4 is 5.97 Å². The Kier molecular flexibility index (Phi) is 2.62. The molecule has 0 radical (unpaired) electrons. The van der Waals surface area contributed by atoms with E-state index >= 15 is 0 Å². The molecule has 3 nitrogen and oxygen atoms in total. The van der Waals surface area contributed by atoms with Gasteiger partial charge in [0.05, 0.1) is 12.5 Å². The lowest BCUT2D eigenvalue weighted by Crippen LogP contribution is -2.01. The van der Waals surface area contributed by atoms with Gasteiger partial charge in [-0.1, -0.05) is 18.2 Å². The molecule has 1 saturated carbocycles. The molecule has 0 unspecified atom stereocenters. The highest BCUT2D eigenvalue weighted by molar-refractivity contribution is 5.75. The van der Waals surface area contributed by atoms with Crippen LogP contribution >= 0.6 is 0 Å². The van der Waals surface area contributed by atoms with Gasteiger partial charge in [0.15, 0.2) is 0 Å². The summed E-state index contributed by atoms with van der Waals surface area (Å²) in [4.78, 5) is 10.8. The van der Waals surface area contributed by atoms with Crippen molar-refractivity contribution in [3.63, 3.8) is 0 Å². The van der Waals surface area contributed by atoms with Gasteiger partial charge < -0.3 is 9.84 Å². The Labute approximate surface area is 88.7 Å². The molecule has 0 bridgehead atoms. The molecule has 2 rings (SSSR count).